The van der Waals surface area contributed by atoms with Crippen LogP contribution in [0.3, 0.4) is 0 Å². The van der Waals surface area contributed by atoms with Crippen LogP contribution in [0, 0.1) is 0 Å². The fourth-order valence-corrected chi connectivity index (χ4v) is 2.63. The summed E-state index contributed by atoms with van der Waals surface area (Å²) in [5.41, 5.74) is 2.97. The highest BCUT2D eigenvalue weighted by atomic mass is 32.1. The van der Waals surface area contributed by atoms with Crippen molar-refractivity contribution < 1.29 is 4.79 Å². The monoisotopic (exact) mass is 224 g/mol. The molecule has 4 heteroatoms. The molecule has 1 aliphatic carbocycles. The lowest BCUT2D eigenvalue weighted by Crippen LogP contribution is -2.35. The molecule has 3 nitrogen and oxygen atoms in total. The van der Waals surface area contributed by atoms with Gasteiger partial charge in [-0.05, 0) is 19.9 Å². The van der Waals surface area contributed by atoms with Crippen LogP contribution < -0.4 is 0 Å². The molecular formula is C11H16N2OS. The third kappa shape index (κ3) is 2.86. The van der Waals surface area contributed by atoms with E-state index in [2.05, 4.69) is 22.3 Å². The standard InChI is InChI=1S/C11H16N2OS/c1-13(6-9-7-15-8-12-9)10-3-2-4-11(14)5-10/h7-8,10H,2-6H2,1H3. The Morgan fingerprint density at radius 1 is 1.67 bits per heavy atom. The molecule has 82 valence electrons. The lowest BCUT2D eigenvalue weighted by Gasteiger charge is -2.29. The molecule has 0 amide bonds. The Morgan fingerprint density at radius 3 is 3.20 bits per heavy atom. The molecule has 0 spiro atoms. The summed E-state index contributed by atoms with van der Waals surface area (Å²) in [6, 6.07) is 0.424. The number of rotatable bonds is 3. The van der Waals surface area contributed by atoms with Crippen LogP contribution in [0.15, 0.2) is 10.9 Å². The summed E-state index contributed by atoms with van der Waals surface area (Å²) in [6.07, 6.45) is 3.69. The van der Waals surface area contributed by atoms with Gasteiger partial charge in [0.2, 0.25) is 0 Å². The summed E-state index contributed by atoms with van der Waals surface area (Å²) < 4.78 is 0. The maximum atomic E-state index is 11.3. The zero-order valence-electron chi connectivity index (χ0n) is 8.98. The number of hydrogen-bond donors (Lipinski definition) is 0. The van der Waals surface area contributed by atoms with Crippen molar-refractivity contribution in [3.8, 4) is 0 Å². The quantitative estimate of drug-likeness (QED) is 0.788. The largest absolute Gasteiger partial charge is 0.300 e. The maximum absolute atomic E-state index is 11.3. The van der Waals surface area contributed by atoms with Crippen LogP contribution in [0.2, 0.25) is 0 Å². The molecule has 0 bridgehead atoms. The second kappa shape index (κ2) is 4.86. The van der Waals surface area contributed by atoms with Gasteiger partial charge in [0.25, 0.3) is 0 Å². The second-order valence-corrected chi connectivity index (χ2v) is 4.90. The number of ketones is 1. The van der Waals surface area contributed by atoms with Gasteiger partial charge in [0, 0.05) is 30.8 Å². The topological polar surface area (TPSA) is 33.2 Å². The zero-order valence-corrected chi connectivity index (χ0v) is 9.80. The van der Waals surface area contributed by atoms with Crippen LogP contribution in [0.4, 0.5) is 0 Å². The number of thiazole rings is 1. The van der Waals surface area contributed by atoms with Crippen molar-refractivity contribution in [1.82, 2.24) is 9.88 Å². The van der Waals surface area contributed by atoms with E-state index in [1.165, 1.54) is 0 Å². The van der Waals surface area contributed by atoms with Crippen molar-refractivity contribution in [2.45, 2.75) is 38.3 Å². The normalized spacial score (nSPS) is 22.3. The Hall–Kier alpha value is -0.740. The van der Waals surface area contributed by atoms with Gasteiger partial charge in [0.1, 0.15) is 5.78 Å². The van der Waals surface area contributed by atoms with Gasteiger partial charge in [-0.2, -0.15) is 0 Å². The van der Waals surface area contributed by atoms with E-state index in [-0.39, 0.29) is 0 Å². The van der Waals surface area contributed by atoms with Crippen LogP contribution in [0.5, 0.6) is 0 Å². The number of hydrogen-bond acceptors (Lipinski definition) is 4. The average Bonchev–Trinajstić information content (AvgIpc) is 2.70. The van der Waals surface area contributed by atoms with Gasteiger partial charge in [-0.1, -0.05) is 0 Å². The van der Waals surface area contributed by atoms with E-state index < -0.39 is 0 Å². The van der Waals surface area contributed by atoms with Crippen LogP contribution >= 0.6 is 11.3 Å². The van der Waals surface area contributed by atoms with Crippen molar-refractivity contribution in [3.63, 3.8) is 0 Å². The lowest BCUT2D eigenvalue weighted by molar-refractivity contribution is -0.121. The SMILES string of the molecule is CN(Cc1cscn1)C1CCCC(=O)C1. The van der Waals surface area contributed by atoms with Gasteiger partial charge in [0.15, 0.2) is 0 Å². The van der Waals surface area contributed by atoms with E-state index in [0.29, 0.717) is 11.8 Å². The summed E-state index contributed by atoms with van der Waals surface area (Å²) in [5.74, 6) is 0.413. The van der Waals surface area contributed by atoms with Crippen molar-refractivity contribution >= 4 is 17.1 Å². The molecule has 1 aromatic rings. The summed E-state index contributed by atoms with van der Waals surface area (Å²) in [4.78, 5) is 17.9. The second-order valence-electron chi connectivity index (χ2n) is 4.18. The first-order chi connectivity index (χ1) is 7.25. The van der Waals surface area contributed by atoms with Crippen LogP contribution in [-0.4, -0.2) is 28.8 Å². The van der Waals surface area contributed by atoms with Gasteiger partial charge in [-0.15, -0.1) is 11.3 Å². The Labute approximate surface area is 94.1 Å². The highest BCUT2D eigenvalue weighted by Gasteiger charge is 2.23. The van der Waals surface area contributed by atoms with E-state index in [9.17, 15) is 4.79 Å². The molecular weight excluding hydrogens is 208 g/mol. The number of carbonyl (C=O) groups is 1. The lowest BCUT2D eigenvalue weighted by atomic mass is 9.93. The predicted octanol–water partition coefficient (Wildman–Crippen LogP) is 2.09. The Morgan fingerprint density at radius 2 is 2.53 bits per heavy atom. The Balaban J connectivity index is 1.90. The van der Waals surface area contributed by atoms with Crippen molar-refractivity contribution in [1.29, 1.82) is 0 Å². The van der Waals surface area contributed by atoms with E-state index in [0.717, 1.165) is 37.9 Å². The smallest absolute Gasteiger partial charge is 0.134 e. The molecule has 1 saturated carbocycles. The first-order valence-electron chi connectivity index (χ1n) is 5.34. The van der Waals surface area contributed by atoms with Crippen molar-refractivity contribution in [2.24, 2.45) is 0 Å². The van der Waals surface area contributed by atoms with Gasteiger partial charge in [0.05, 0.1) is 11.2 Å². The summed E-state index contributed by atoms with van der Waals surface area (Å²) in [6.45, 7) is 0.863. The van der Waals surface area contributed by atoms with Crippen LogP contribution in [0.1, 0.15) is 31.4 Å². The molecule has 1 unspecified atom stereocenters. The third-order valence-corrected chi connectivity index (χ3v) is 3.61. The maximum Gasteiger partial charge on any atom is 0.134 e. The summed E-state index contributed by atoms with van der Waals surface area (Å²) >= 11 is 1.62. The number of Topliss-reactive ketones (excluding diaryl/α,β-unsaturated/α-hetero) is 1. The minimum Gasteiger partial charge on any atom is -0.300 e. The summed E-state index contributed by atoms with van der Waals surface area (Å²) in [7, 11) is 2.09. The van der Waals surface area contributed by atoms with Gasteiger partial charge in [-0.25, -0.2) is 4.98 Å². The van der Waals surface area contributed by atoms with Gasteiger partial charge >= 0.3 is 0 Å². The molecule has 15 heavy (non-hydrogen) atoms. The molecule has 0 aliphatic heterocycles. The van der Waals surface area contributed by atoms with Crippen molar-refractivity contribution in [3.05, 3.63) is 16.6 Å². The van der Waals surface area contributed by atoms with Crippen LogP contribution in [0.25, 0.3) is 0 Å². The first kappa shape index (κ1) is 10.8. The summed E-state index contributed by atoms with van der Waals surface area (Å²) in [5, 5.41) is 2.07. The van der Waals surface area contributed by atoms with E-state index in [1.54, 1.807) is 11.3 Å². The third-order valence-electron chi connectivity index (χ3n) is 2.97. The van der Waals surface area contributed by atoms with Crippen molar-refractivity contribution in [2.75, 3.05) is 7.05 Å². The molecule has 1 aromatic heterocycles. The van der Waals surface area contributed by atoms with Crippen LogP contribution in [-0.2, 0) is 11.3 Å². The van der Waals surface area contributed by atoms with E-state index >= 15 is 0 Å². The fraction of sp³-hybridized carbons (Fsp3) is 0.636. The molecule has 0 saturated heterocycles. The Bertz CT molecular complexity index is 323. The average molecular weight is 224 g/mol. The molecule has 1 aliphatic rings. The van der Waals surface area contributed by atoms with Gasteiger partial charge < -0.3 is 0 Å². The molecule has 1 atom stereocenters. The highest BCUT2D eigenvalue weighted by molar-refractivity contribution is 7.07. The van der Waals surface area contributed by atoms with E-state index in [1.807, 2.05) is 5.51 Å². The Kier molecular flexibility index (Phi) is 3.49. The minimum atomic E-state index is 0.413. The molecule has 2 rings (SSSR count). The molecule has 0 radical (unpaired) electrons. The fourth-order valence-electron chi connectivity index (χ4n) is 2.08. The zero-order chi connectivity index (χ0) is 10.7. The molecule has 0 aromatic carbocycles. The molecule has 1 fully saturated rings. The van der Waals surface area contributed by atoms with Gasteiger partial charge in [-0.3, -0.25) is 9.69 Å². The minimum absolute atomic E-state index is 0.413. The van der Waals surface area contributed by atoms with E-state index in [4.69, 9.17) is 0 Å². The highest BCUT2D eigenvalue weighted by Crippen LogP contribution is 2.20. The number of nitrogens with zero attached hydrogens (tertiary/aromatic N) is 2. The molecule has 0 N–H and O–H groups in total. The predicted molar refractivity (Wildman–Crippen MR) is 60.8 cm³/mol. The molecule has 1 heterocycles. The number of carbonyl (C=O) groups excluding carboxylic acids is 1. The number of aromatic nitrogens is 1. The first-order valence-corrected chi connectivity index (χ1v) is 6.29.